The Bertz CT molecular complexity index is 358. The molecule has 1 rings (SSSR count). The second-order valence-electron chi connectivity index (χ2n) is 2.74. The van der Waals surface area contributed by atoms with E-state index in [1.807, 2.05) is 0 Å². The Morgan fingerprint density at radius 1 is 1.71 bits per heavy atom. The molecule has 0 aromatic carbocycles. The van der Waals surface area contributed by atoms with Crippen molar-refractivity contribution in [2.75, 3.05) is 5.32 Å². The van der Waals surface area contributed by atoms with Gasteiger partial charge in [0.05, 0.1) is 12.2 Å². The highest BCUT2D eigenvalue weighted by molar-refractivity contribution is 6.00. The fourth-order valence-corrected chi connectivity index (χ4v) is 0.781. The van der Waals surface area contributed by atoms with E-state index >= 15 is 0 Å². The molecule has 14 heavy (non-hydrogen) atoms. The van der Waals surface area contributed by atoms with E-state index in [2.05, 4.69) is 15.5 Å². The molecule has 1 aromatic rings. The Kier molecular flexibility index (Phi) is 2.82. The molecule has 0 saturated carbocycles. The van der Waals surface area contributed by atoms with Crippen LogP contribution in [-0.2, 0) is 4.79 Å². The fraction of sp³-hybridized carbons (Fsp3) is 0.286. The third-order valence-electron chi connectivity index (χ3n) is 1.53. The highest BCUT2D eigenvalue weighted by atomic mass is 16.4. The number of aromatic carboxylic acids is 1. The van der Waals surface area contributed by atoms with Gasteiger partial charge in [0.1, 0.15) is 11.4 Å². The van der Waals surface area contributed by atoms with Crippen LogP contribution < -0.4 is 11.1 Å². The number of amides is 1. The standard InChI is InChI=1S/C7H10N4O3/c1-3(8)6(12)10-5-4(7(13)14)2-9-11-5/h2-3H,8H2,1H3,(H,13,14)(H2,9,10,11,12). The number of aromatic nitrogens is 2. The van der Waals surface area contributed by atoms with Gasteiger partial charge in [-0.1, -0.05) is 0 Å². The van der Waals surface area contributed by atoms with Crippen LogP contribution in [0.15, 0.2) is 6.20 Å². The molecule has 0 aliphatic heterocycles. The number of carboxylic acid groups (broad SMARTS) is 1. The minimum absolute atomic E-state index is 0.0415. The van der Waals surface area contributed by atoms with Gasteiger partial charge >= 0.3 is 5.97 Å². The molecule has 1 aromatic heterocycles. The van der Waals surface area contributed by atoms with Crippen molar-refractivity contribution in [1.82, 2.24) is 10.2 Å². The number of carboxylic acids is 1. The molecule has 7 heteroatoms. The molecule has 0 fully saturated rings. The Morgan fingerprint density at radius 2 is 2.36 bits per heavy atom. The fourth-order valence-electron chi connectivity index (χ4n) is 0.781. The van der Waals surface area contributed by atoms with E-state index in [-0.39, 0.29) is 11.4 Å². The number of carbonyl (C=O) groups is 2. The van der Waals surface area contributed by atoms with Crippen molar-refractivity contribution in [2.24, 2.45) is 5.73 Å². The van der Waals surface area contributed by atoms with Crippen LogP contribution in [0.5, 0.6) is 0 Å². The summed E-state index contributed by atoms with van der Waals surface area (Å²) in [7, 11) is 0. The Morgan fingerprint density at radius 3 is 2.86 bits per heavy atom. The first-order valence-electron chi connectivity index (χ1n) is 3.85. The second kappa shape index (κ2) is 3.88. The van der Waals surface area contributed by atoms with Crippen LogP contribution in [0.2, 0.25) is 0 Å². The summed E-state index contributed by atoms with van der Waals surface area (Å²) in [6, 6.07) is -0.708. The van der Waals surface area contributed by atoms with Gasteiger partial charge in [0, 0.05) is 0 Å². The molecular weight excluding hydrogens is 188 g/mol. The van der Waals surface area contributed by atoms with Crippen molar-refractivity contribution in [3.8, 4) is 0 Å². The van der Waals surface area contributed by atoms with E-state index in [0.717, 1.165) is 6.20 Å². The first kappa shape index (κ1) is 10.2. The quantitative estimate of drug-likeness (QED) is 0.516. The van der Waals surface area contributed by atoms with Crippen molar-refractivity contribution in [3.05, 3.63) is 11.8 Å². The van der Waals surface area contributed by atoms with Gasteiger partial charge in [-0.3, -0.25) is 9.89 Å². The SMILES string of the molecule is CC(N)C(=O)Nc1[nH]ncc1C(=O)O. The van der Waals surface area contributed by atoms with E-state index in [1.54, 1.807) is 0 Å². The molecule has 0 aliphatic carbocycles. The van der Waals surface area contributed by atoms with Gasteiger partial charge in [0.25, 0.3) is 0 Å². The van der Waals surface area contributed by atoms with E-state index in [0.29, 0.717) is 0 Å². The summed E-state index contributed by atoms with van der Waals surface area (Å²) >= 11 is 0. The van der Waals surface area contributed by atoms with E-state index in [1.165, 1.54) is 6.92 Å². The van der Waals surface area contributed by atoms with Crippen LogP contribution in [-0.4, -0.2) is 33.2 Å². The predicted molar refractivity (Wildman–Crippen MR) is 47.8 cm³/mol. The topological polar surface area (TPSA) is 121 Å². The van der Waals surface area contributed by atoms with Crippen LogP contribution in [0, 0.1) is 0 Å². The van der Waals surface area contributed by atoms with Crippen molar-refractivity contribution in [1.29, 1.82) is 0 Å². The lowest BCUT2D eigenvalue weighted by atomic mass is 10.3. The van der Waals surface area contributed by atoms with Gasteiger partial charge in [-0.05, 0) is 6.92 Å². The van der Waals surface area contributed by atoms with Crippen LogP contribution in [0.1, 0.15) is 17.3 Å². The molecule has 0 saturated heterocycles. The number of nitrogens with one attached hydrogen (secondary N) is 2. The molecule has 1 atom stereocenters. The Labute approximate surface area is 79.3 Å². The Balaban J connectivity index is 2.82. The number of hydrogen-bond donors (Lipinski definition) is 4. The maximum Gasteiger partial charge on any atom is 0.341 e. The smallest absolute Gasteiger partial charge is 0.341 e. The number of carbonyl (C=O) groups excluding carboxylic acids is 1. The van der Waals surface area contributed by atoms with E-state index in [9.17, 15) is 9.59 Å². The monoisotopic (exact) mass is 198 g/mol. The molecule has 1 amide bonds. The number of nitrogens with two attached hydrogens (primary N) is 1. The second-order valence-corrected chi connectivity index (χ2v) is 2.74. The summed E-state index contributed by atoms with van der Waals surface area (Å²) in [5.74, 6) is -1.60. The van der Waals surface area contributed by atoms with Gasteiger partial charge in [-0.25, -0.2) is 4.79 Å². The molecule has 0 radical (unpaired) electrons. The lowest BCUT2D eigenvalue weighted by Crippen LogP contribution is -2.33. The zero-order chi connectivity index (χ0) is 10.7. The number of H-pyrrole nitrogens is 1. The van der Waals surface area contributed by atoms with Gasteiger partial charge in [-0.2, -0.15) is 5.10 Å². The van der Waals surface area contributed by atoms with Crippen LogP contribution >= 0.6 is 0 Å². The summed E-state index contributed by atoms with van der Waals surface area (Å²) in [6.07, 6.45) is 1.11. The lowest BCUT2D eigenvalue weighted by molar-refractivity contribution is -0.117. The number of aromatic amines is 1. The summed E-state index contributed by atoms with van der Waals surface area (Å²) in [6.45, 7) is 1.49. The van der Waals surface area contributed by atoms with Crippen molar-refractivity contribution in [3.63, 3.8) is 0 Å². The average molecular weight is 198 g/mol. The zero-order valence-corrected chi connectivity index (χ0v) is 7.44. The number of nitrogens with zero attached hydrogens (tertiary/aromatic N) is 1. The van der Waals surface area contributed by atoms with E-state index < -0.39 is 17.9 Å². The lowest BCUT2D eigenvalue weighted by Gasteiger charge is -2.05. The molecule has 76 valence electrons. The molecule has 7 nitrogen and oxygen atoms in total. The summed E-state index contributed by atoms with van der Waals surface area (Å²) in [4.78, 5) is 21.7. The molecule has 0 aliphatic rings. The van der Waals surface area contributed by atoms with Crippen molar-refractivity contribution in [2.45, 2.75) is 13.0 Å². The highest BCUT2D eigenvalue weighted by Crippen LogP contribution is 2.10. The number of rotatable bonds is 3. The largest absolute Gasteiger partial charge is 0.477 e. The van der Waals surface area contributed by atoms with Gasteiger partial charge in [-0.15, -0.1) is 0 Å². The maximum atomic E-state index is 11.1. The summed E-state index contributed by atoms with van der Waals surface area (Å²) in [5, 5.41) is 16.8. The predicted octanol–water partition coefficient (Wildman–Crippen LogP) is -0.606. The molecule has 0 spiro atoms. The van der Waals surface area contributed by atoms with Crippen molar-refractivity contribution < 1.29 is 14.7 Å². The first-order valence-corrected chi connectivity index (χ1v) is 3.85. The molecule has 1 heterocycles. The minimum Gasteiger partial charge on any atom is -0.477 e. The molecular formula is C7H10N4O3. The molecule has 1 unspecified atom stereocenters. The van der Waals surface area contributed by atoms with Crippen LogP contribution in [0.3, 0.4) is 0 Å². The minimum atomic E-state index is -1.17. The zero-order valence-electron chi connectivity index (χ0n) is 7.44. The van der Waals surface area contributed by atoms with Gasteiger partial charge in [0.15, 0.2) is 0 Å². The first-order chi connectivity index (χ1) is 6.52. The van der Waals surface area contributed by atoms with Gasteiger partial charge < -0.3 is 16.2 Å². The molecule has 0 bridgehead atoms. The highest BCUT2D eigenvalue weighted by Gasteiger charge is 2.15. The summed E-state index contributed by atoms with van der Waals surface area (Å²) < 4.78 is 0. The number of hydrogen-bond acceptors (Lipinski definition) is 4. The third kappa shape index (κ3) is 2.07. The van der Waals surface area contributed by atoms with Gasteiger partial charge in [0.2, 0.25) is 5.91 Å². The third-order valence-corrected chi connectivity index (χ3v) is 1.53. The summed E-state index contributed by atoms with van der Waals surface area (Å²) in [5.41, 5.74) is 5.19. The van der Waals surface area contributed by atoms with Crippen molar-refractivity contribution >= 4 is 17.7 Å². The number of anilines is 1. The normalized spacial score (nSPS) is 12.1. The van der Waals surface area contributed by atoms with Crippen LogP contribution in [0.25, 0.3) is 0 Å². The molecule has 5 N–H and O–H groups in total. The van der Waals surface area contributed by atoms with E-state index in [4.69, 9.17) is 10.8 Å². The Hall–Kier alpha value is -1.89. The average Bonchev–Trinajstić information content (AvgIpc) is 2.52. The maximum absolute atomic E-state index is 11.1. The van der Waals surface area contributed by atoms with Crippen LogP contribution in [0.4, 0.5) is 5.82 Å².